The van der Waals surface area contributed by atoms with Crippen molar-refractivity contribution in [2.24, 2.45) is 0 Å². The van der Waals surface area contributed by atoms with E-state index in [0.717, 1.165) is 5.56 Å². The highest BCUT2D eigenvalue weighted by molar-refractivity contribution is 6.08. The lowest BCUT2D eigenvalue weighted by molar-refractivity contribution is -0.128. The van der Waals surface area contributed by atoms with E-state index in [2.05, 4.69) is 0 Å². The summed E-state index contributed by atoms with van der Waals surface area (Å²) in [6.45, 7) is 0.387. The van der Waals surface area contributed by atoms with Crippen molar-refractivity contribution in [3.05, 3.63) is 65.7 Å². The van der Waals surface area contributed by atoms with E-state index in [1.165, 1.54) is 12.1 Å². The summed E-state index contributed by atoms with van der Waals surface area (Å²) in [5.74, 6) is -1.44. The summed E-state index contributed by atoms with van der Waals surface area (Å²) in [4.78, 5) is 22.5. The number of carbonyl (C=O) groups is 2. The van der Waals surface area contributed by atoms with Crippen molar-refractivity contribution in [1.82, 2.24) is 0 Å². The second-order valence-corrected chi connectivity index (χ2v) is 4.67. The van der Waals surface area contributed by atoms with Gasteiger partial charge in [-0.2, -0.15) is 0 Å². The molecule has 0 fully saturated rings. The second kappa shape index (κ2) is 7.45. The minimum absolute atomic E-state index is 0.209. The molecule has 2 aromatic rings. The predicted octanol–water partition coefficient (Wildman–Crippen LogP) is 3.67. The topological polar surface area (TPSA) is 43.4 Å². The van der Waals surface area contributed by atoms with Crippen LogP contribution in [0.2, 0.25) is 0 Å². The monoisotopic (exact) mass is 304 g/mol. The first-order chi connectivity index (χ1) is 10.6. The van der Waals surface area contributed by atoms with Crippen LogP contribution < -0.4 is 4.74 Å². The highest BCUT2D eigenvalue weighted by Gasteiger charge is 2.19. The van der Waals surface area contributed by atoms with Crippen LogP contribution in [0.4, 0.5) is 8.78 Å². The molecule has 0 atom stereocenters. The lowest BCUT2D eigenvalue weighted by Gasteiger charge is -2.07. The largest absolute Gasteiger partial charge is 0.489 e. The van der Waals surface area contributed by atoms with E-state index in [9.17, 15) is 18.4 Å². The smallest absolute Gasteiger partial charge is 0.296 e. The minimum Gasteiger partial charge on any atom is -0.489 e. The molecule has 0 aromatic heterocycles. The van der Waals surface area contributed by atoms with Gasteiger partial charge in [-0.25, -0.2) is 8.78 Å². The molecular weight excluding hydrogens is 290 g/mol. The molecule has 5 heteroatoms. The van der Waals surface area contributed by atoms with Gasteiger partial charge in [-0.1, -0.05) is 30.3 Å². The number of Topliss-reactive ketones (excluding diaryl/α,β-unsaturated/α-hetero) is 2. The van der Waals surface area contributed by atoms with Crippen LogP contribution >= 0.6 is 0 Å². The fraction of sp³-hybridized carbons (Fsp3) is 0.176. The third-order valence-corrected chi connectivity index (χ3v) is 3.00. The molecule has 0 amide bonds. The van der Waals surface area contributed by atoms with Crippen LogP contribution in [0.5, 0.6) is 5.75 Å². The van der Waals surface area contributed by atoms with Crippen LogP contribution in [0.3, 0.4) is 0 Å². The van der Waals surface area contributed by atoms with E-state index in [4.69, 9.17) is 4.74 Å². The van der Waals surface area contributed by atoms with Crippen LogP contribution in [0.1, 0.15) is 22.3 Å². The first-order valence-corrected chi connectivity index (χ1v) is 6.67. The van der Waals surface area contributed by atoms with Crippen molar-refractivity contribution < 1.29 is 23.1 Å². The van der Waals surface area contributed by atoms with Gasteiger partial charge in [0.2, 0.25) is 5.78 Å². The Morgan fingerprint density at radius 1 is 0.955 bits per heavy atom. The Morgan fingerprint density at radius 2 is 1.59 bits per heavy atom. The molecule has 0 aliphatic carbocycles. The number of ketones is 2. The van der Waals surface area contributed by atoms with E-state index in [1.54, 1.807) is 12.1 Å². The Labute approximate surface area is 126 Å². The summed E-state index contributed by atoms with van der Waals surface area (Å²) in [7, 11) is 0. The van der Waals surface area contributed by atoms with Crippen LogP contribution in [0.15, 0.2) is 54.6 Å². The van der Waals surface area contributed by atoms with Gasteiger partial charge in [0.05, 0.1) is 6.42 Å². The van der Waals surface area contributed by atoms with E-state index in [-0.39, 0.29) is 5.56 Å². The third kappa shape index (κ3) is 4.48. The molecule has 0 saturated carbocycles. The molecule has 114 valence electrons. The molecule has 0 spiro atoms. The van der Waals surface area contributed by atoms with Crippen molar-refractivity contribution in [3.8, 4) is 5.75 Å². The van der Waals surface area contributed by atoms with Gasteiger partial charge in [0.1, 0.15) is 12.4 Å². The first kappa shape index (κ1) is 15.8. The Hall–Kier alpha value is -2.56. The maximum Gasteiger partial charge on any atom is 0.296 e. The number of carbonyl (C=O) groups excluding carboxylic acids is 2. The summed E-state index contributed by atoms with van der Waals surface area (Å²) >= 11 is 0. The fourth-order valence-corrected chi connectivity index (χ4v) is 1.82. The van der Waals surface area contributed by atoms with Crippen LogP contribution in [-0.4, -0.2) is 18.0 Å². The van der Waals surface area contributed by atoms with E-state index in [0.29, 0.717) is 12.4 Å². The van der Waals surface area contributed by atoms with Crippen molar-refractivity contribution in [2.45, 2.75) is 19.5 Å². The van der Waals surface area contributed by atoms with Gasteiger partial charge in [-0.15, -0.1) is 0 Å². The molecule has 0 radical (unpaired) electrons. The molecule has 0 aliphatic rings. The van der Waals surface area contributed by atoms with Crippen molar-refractivity contribution in [2.75, 3.05) is 0 Å². The average Bonchev–Trinajstić information content (AvgIpc) is 2.54. The average molecular weight is 304 g/mol. The second-order valence-electron chi connectivity index (χ2n) is 4.67. The molecular formula is C17H14F2O3. The Balaban J connectivity index is 1.92. The molecule has 3 nitrogen and oxygen atoms in total. The molecule has 0 aliphatic heterocycles. The number of hydrogen-bond donors (Lipinski definition) is 0. The summed E-state index contributed by atoms with van der Waals surface area (Å²) in [5, 5.41) is 0. The predicted molar refractivity (Wildman–Crippen MR) is 77.2 cm³/mol. The van der Waals surface area contributed by atoms with Gasteiger partial charge < -0.3 is 4.74 Å². The molecule has 2 rings (SSSR count). The molecule has 22 heavy (non-hydrogen) atoms. The van der Waals surface area contributed by atoms with Gasteiger partial charge in [0, 0.05) is 5.56 Å². The van der Waals surface area contributed by atoms with Crippen LogP contribution in [-0.2, 0) is 11.4 Å². The van der Waals surface area contributed by atoms with E-state index in [1.807, 2.05) is 30.3 Å². The van der Waals surface area contributed by atoms with Gasteiger partial charge in [0.25, 0.3) is 6.43 Å². The van der Waals surface area contributed by atoms with E-state index < -0.39 is 24.4 Å². The number of benzene rings is 2. The normalized spacial score (nSPS) is 10.5. The maximum atomic E-state index is 12.1. The highest BCUT2D eigenvalue weighted by atomic mass is 19.3. The number of rotatable bonds is 7. The lowest BCUT2D eigenvalue weighted by atomic mass is 10.1. The maximum absolute atomic E-state index is 12.1. The highest BCUT2D eigenvalue weighted by Crippen LogP contribution is 2.16. The summed E-state index contributed by atoms with van der Waals surface area (Å²) in [5.41, 5.74) is 1.21. The van der Waals surface area contributed by atoms with E-state index >= 15 is 0 Å². The molecule has 0 saturated heterocycles. The van der Waals surface area contributed by atoms with Crippen LogP contribution in [0, 0.1) is 0 Å². The van der Waals surface area contributed by atoms with Crippen LogP contribution in [0.25, 0.3) is 0 Å². The summed E-state index contributed by atoms with van der Waals surface area (Å²) < 4.78 is 29.8. The first-order valence-electron chi connectivity index (χ1n) is 6.67. The van der Waals surface area contributed by atoms with Crippen molar-refractivity contribution in [3.63, 3.8) is 0 Å². The summed E-state index contributed by atoms with van der Waals surface area (Å²) in [6.07, 6.45) is -3.90. The van der Waals surface area contributed by atoms with Gasteiger partial charge in [-0.3, -0.25) is 9.59 Å². The molecule has 2 aromatic carbocycles. The standard InChI is InChI=1S/C17H14F2O3/c18-17(19)16(21)10-15(20)13-6-8-14(9-7-13)22-11-12-4-2-1-3-5-12/h1-9,17H,10-11H2. The Morgan fingerprint density at radius 3 is 2.18 bits per heavy atom. The molecule has 0 unspecified atom stereocenters. The fourth-order valence-electron chi connectivity index (χ4n) is 1.82. The minimum atomic E-state index is -3.11. The molecule has 0 N–H and O–H groups in total. The molecule has 0 heterocycles. The lowest BCUT2D eigenvalue weighted by Crippen LogP contribution is -2.15. The zero-order chi connectivity index (χ0) is 15.9. The van der Waals surface area contributed by atoms with Crippen molar-refractivity contribution >= 4 is 11.6 Å². The zero-order valence-corrected chi connectivity index (χ0v) is 11.7. The summed E-state index contributed by atoms with van der Waals surface area (Å²) in [6, 6.07) is 15.6. The number of hydrogen-bond acceptors (Lipinski definition) is 3. The number of alkyl halides is 2. The number of halogens is 2. The Bertz CT molecular complexity index is 637. The van der Waals surface area contributed by atoms with Gasteiger partial charge >= 0.3 is 0 Å². The van der Waals surface area contributed by atoms with Gasteiger partial charge in [0.15, 0.2) is 5.78 Å². The van der Waals surface area contributed by atoms with Gasteiger partial charge in [-0.05, 0) is 29.8 Å². The zero-order valence-electron chi connectivity index (χ0n) is 11.7. The Kier molecular flexibility index (Phi) is 5.36. The third-order valence-electron chi connectivity index (χ3n) is 3.00. The number of ether oxygens (including phenoxy) is 1. The SMILES string of the molecule is O=C(CC(=O)C(F)F)c1ccc(OCc2ccccc2)cc1. The molecule has 0 bridgehead atoms. The van der Waals surface area contributed by atoms with Crippen molar-refractivity contribution in [1.29, 1.82) is 0 Å². The quantitative estimate of drug-likeness (QED) is 0.579.